The average Bonchev–Trinajstić information content (AvgIpc) is 3.24. The molecule has 2 aliphatic carbocycles. The van der Waals surface area contributed by atoms with Crippen molar-refractivity contribution in [2.45, 2.75) is 76.0 Å². The molecule has 4 heterocycles. The molecule has 5 aromatic carbocycles. The van der Waals surface area contributed by atoms with Crippen molar-refractivity contribution >= 4 is 79.2 Å². The third-order valence-corrected chi connectivity index (χ3v) is 15.4. The maximum atomic E-state index is 16.6. The average molecular weight is 725 g/mol. The van der Waals surface area contributed by atoms with Crippen LogP contribution < -0.4 is 26.0 Å². The number of nitrogens with zero attached hydrogens (tertiary/aromatic N) is 6. The number of rotatable bonds is 4. The van der Waals surface area contributed by atoms with Gasteiger partial charge in [0.05, 0.1) is 39.1 Å². The van der Waals surface area contributed by atoms with E-state index in [1.54, 1.807) is 0 Å². The first-order valence-corrected chi connectivity index (χ1v) is 21.4. The van der Waals surface area contributed by atoms with Crippen LogP contribution in [0.25, 0.3) is 21.8 Å². The highest BCUT2D eigenvalue weighted by Crippen LogP contribution is 2.61. The van der Waals surface area contributed by atoms with Crippen molar-refractivity contribution in [3.05, 3.63) is 126 Å². The van der Waals surface area contributed by atoms with Crippen molar-refractivity contribution in [2.24, 2.45) is 0 Å². The van der Waals surface area contributed by atoms with Gasteiger partial charge in [0.2, 0.25) is 7.14 Å². The molecular formula is C46H41N6OP. The van der Waals surface area contributed by atoms with Gasteiger partial charge in [0.15, 0.2) is 10.9 Å². The van der Waals surface area contributed by atoms with Crippen molar-refractivity contribution in [1.29, 1.82) is 0 Å². The number of benzene rings is 5. The largest absolute Gasteiger partial charge is 0.307 e. The summed E-state index contributed by atoms with van der Waals surface area (Å²) in [7, 11) is -3.73. The molecule has 7 nitrogen and oxygen atoms in total. The van der Waals surface area contributed by atoms with Crippen molar-refractivity contribution in [3.8, 4) is 0 Å². The van der Waals surface area contributed by atoms with Gasteiger partial charge in [-0.2, -0.15) is 0 Å². The molecule has 2 aromatic heterocycles. The molecule has 0 saturated heterocycles. The van der Waals surface area contributed by atoms with Crippen LogP contribution in [0.4, 0.5) is 34.1 Å². The lowest BCUT2D eigenvalue weighted by atomic mass is 9.84. The highest BCUT2D eigenvalue weighted by molar-refractivity contribution is 7.86. The molecule has 2 saturated carbocycles. The van der Waals surface area contributed by atoms with Gasteiger partial charge in [0.1, 0.15) is 0 Å². The topological polar surface area (TPSA) is 75.1 Å². The summed E-state index contributed by atoms with van der Waals surface area (Å²) in [4.78, 5) is 4.55. The Hall–Kier alpha value is -5.39. The summed E-state index contributed by atoms with van der Waals surface area (Å²) in [5, 5.41) is 21.8. The fraction of sp³-hybridized carbons (Fsp3) is 0.261. The van der Waals surface area contributed by atoms with Crippen LogP contribution in [0.3, 0.4) is 0 Å². The monoisotopic (exact) mass is 724 g/mol. The summed E-state index contributed by atoms with van der Waals surface area (Å²) in [5.74, 6) is 1.20. The van der Waals surface area contributed by atoms with Crippen molar-refractivity contribution in [3.63, 3.8) is 0 Å². The van der Waals surface area contributed by atoms with Crippen molar-refractivity contribution in [2.75, 3.05) is 9.80 Å². The molecule has 54 heavy (non-hydrogen) atoms. The van der Waals surface area contributed by atoms with Gasteiger partial charge in [-0.3, -0.25) is 0 Å². The molecule has 0 spiro atoms. The zero-order valence-corrected chi connectivity index (χ0v) is 31.1. The molecule has 11 rings (SSSR count). The molecular weight excluding hydrogens is 684 g/mol. The van der Waals surface area contributed by atoms with Gasteiger partial charge in [-0.25, -0.2) is 0 Å². The van der Waals surface area contributed by atoms with Gasteiger partial charge >= 0.3 is 0 Å². The molecule has 0 unspecified atom stereocenters. The zero-order valence-electron chi connectivity index (χ0n) is 30.2. The van der Waals surface area contributed by atoms with E-state index in [4.69, 9.17) is 20.4 Å². The van der Waals surface area contributed by atoms with E-state index in [0.717, 1.165) is 61.2 Å². The van der Waals surface area contributed by atoms with Crippen LogP contribution in [0, 0.1) is 0 Å². The standard InChI is InChI=1S/C46H41N6OP/c53-54-44-40(51(42-36-16-7-9-18-38(36)47-49-45(42)54)34-26-22-32(23-27-34)30-12-3-1-4-13-30)20-11-21-41(44)52(43-37-17-8-10-19-39(37)48-50-46(43)54)35-28-24-33(25-29-35)31-14-5-2-6-15-31/h7-11,16-31H,1-6,12-15H2. The molecule has 0 atom stereocenters. The van der Waals surface area contributed by atoms with Crippen LogP contribution in [0.2, 0.25) is 0 Å². The minimum Gasteiger partial charge on any atom is -0.307 e. The Kier molecular flexibility index (Phi) is 7.48. The van der Waals surface area contributed by atoms with E-state index in [-0.39, 0.29) is 0 Å². The van der Waals surface area contributed by atoms with E-state index in [9.17, 15) is 0 Å². The first kappa shape index (κ1) is 32.1. The summed E-state index contributed by atoms with van der Waals surface area (Å²) >= 11 is 0. The van der Waals surface area contributed by atoms with E-state index in [2.05, 4.69) is 88.7 Å². The molecule has 0 bridgehead atoms. The lowest BCUT2D eigenvalue weighted by molar-refractivity contribution is 0.443. The zero-order chi connectivity index (χ0) is 35.8. The second kappa shape index (κ2) is 12.6. The first-order chi connectivity index (χ1) is 26.7. The highest BCUT2D eigenvalue weighted by Gasteiger charge is 2.52. The van der Waals surface area contributed by atoms with Gasteiger partial charge in [0.25, 0.3) is 0 Å². The van der Waals surface area contributed by atoms with Crippen LogP contribution >= 0.6 is 7.14 Å². The minimum atomic E-state index is -3.73. The smallest absolute Gasteiger partial charge is 0.218 e. The molecule has 0 radical (unpaired) electrons. The van der Waals surface area contributed by atoms with Gasteiger partial charge < -0.3 is 14.4 Å². The predicted octanol–water partition coefficient (Wildman–Crippen LogP) is 10.9. The fourth-order valence-corrected chi connectivity index (χ4v) is 12.9. The summed E-state index contributed by atoms with van der Waals surface area (Å²) in [6.07, 6.45) is 12.8. The van der Waals surface area contributed by atoms with Crippen molar-refractivity contribution in [1.82, 2.24) is 20.4 Å². The van der Waals surface area contributed by atoms with E-state index in [1.807, 2.05) is 36.4 Å². The van der Waals surface area contributed by atoms with Gasteiger partial charge in [-0.1, -0.05) is 105 Å². The SMILES string of the molecule is O=P12c3nnc4ccccc4c3N(c3ccc(C4CCCCC4)cc3)c3cccc(c31)N(c1ccc(C3CCCCC3)cc1)c1c2nnc2ccccc12. The Labute approximate surface area is 315 Å². The number of aromatic nitrogens is 4. The van der Waals surface area contributed by atoms with Gasteiger partial charge in [-0.15, -0.1) is 20.4 Å². The molecule has 4 aliphatic rings. The van der Waals surface area contributed by atoms with Crippen LogP contribution in [0.15, 0.2) is 115 Å². The number of anilines is 6. The van der Waals surface area contributed by atoms with Crippen molar-refractivity contribution < 1.29 is 4.57 Å². The number of hydrogen-bond donors (Lipinski definition) is 0. The van der Waals surface area contributed by atoms with Gasteiger partial charge in [-0.05, 0) is 97.2 Å². The second-order valence-electron chi connectivity index (χ2n) is 15.6. The molecule has 2 fully saturated rings. The highest BCUT2D eigenvalue weighted by atomic mass is 31.2. The summed E-state index contributed by atoms with van der Waals surface area (Å²) in [6, 6.07) is 40.6. The second-order valence-corrected chi connectivity index (χ2v) is 18.1. The first-order valence-electron chi connectivity index (χ1n) is 19.7. The Morgan fingerprint density at radius 1 is 0.463 bits per heavy atom. The maximum Gasteiger partial charge on any atom is 0.218 e. The van der Waals surface area contributed by atoms with E-state index in [1.165, 1.54) is 75.3 Å². The Morgan fingerprint density at radius 2 is 0.889 bits per heavy atom. The minimum absolute atomic E-state index is 0.454. The lowest BCUT2D eigenvalue weighted by Crippen LogP contribution is -2.45. The summed E-state index contributed by atoms with van der Waals surface area (Å²) in [5.41, 5.74) is 10.6. The van der Waals surface area contributed by atoms with Gasteiger partial charge in [0, 0.05) is 22.1 Å². The normalized spacial score (nSPS) is 18.0. The van der Waals surface area contributed by atoms with E-state index >= 15 is 4.57 Å². The molecule has 8 heteroatoms. The molecule has 0 N–H and O–H groups in total. The molecule has 2 aliphatic heterocycles. The van der Waals surface area contributed by atoms with E-state index in [0.29, 0.717) is 22.7 Å². The maximum absolute atomic E-state index is 16.6. The number of hydrogen-bond acceptors (Lipinski definition) is 7. The third-order valence-electron chi connectivity index (χ3n) is 12.5. The number of fused-ring (bicyclic) bond motifs is 8. The third kappa shape index (κ3) is 4.77. The van der Waals surface area contributed by atoms with Crippen LogP contribution in [-0.2, 0) is 4.57 Å². The Morgan fingerprint density at radius 3 is 1.33 bits per heavy atom. The quantitative estimate of drug-likeness (QED) is 0.167. The Bertz CT molecular complexity index is 2450. The summed E-state index contributed by atoms with van der Waals surface area (Å²) < 4.78 is 16.6. The van der Waals surface area contributed by atoms with E-state index < -0.39 is 7.14 Å². The van der Waals surface area contributed by atoms with Crippen LogP contribution in [-0.4, -0.2) is 20.4 Å². The Balaban J connectivity index is 1.17. The van der Waals surface area contributed by atoms with Crippen LogP contribution in [0.1, 0.15) is 87.2 Å². The van der Waals surface area contributed by atoms with Crippen LogP contribution in [0.5, 0.6) is 0 Å². The lowest BCUT2D eigenvalue weighted by Gasteiger charge is -2.43. The fourth-order valence-electron chi connectivity index (χ4n) is 9.88. The molecule has 266 valence electrons. The molecule has 7 aromatic rings. The summed E-state index contributed by atoms with van der Waals surface area (Å²) in [6.45, 7) is 0. The predicted molar refractivity (Wildman–Crippen MR) is 220 cm³/mol. The molecule has 0 amide bonds.